The maximum absolute atomic E-state index is 10.9. The molecule has 0 saturated carbocycles. The number of hydrogen-bond acceptors (Lipinski definition) is 4. The summed E-state index contributed by atoms with van der Waals surface area (Å²) in [4.78, 5) is 10.3. The van der Waals surface area contributed by atoms with E-state index in [1.165, 1.54) is 6.07 Å². The molecule has 94 valence electrons. The summed E-state index contributed by atoms with van der Waals surface area (Å²) in [5.74, 6) is 0. The second-order valence-corrected chi connectivity index (χ2v) is 4.55. The molecular weight excluding hydrogens is 290 g/mol. The van der Waals surface area contributed by atoms with E-state index in [1.807, 2.05) is 0 Å². The normalized spacial score (nSPS) is 14.4. The van der Waals surface area contributed by atoms with Crippen LogP contribution in [0.25, 0.3) is 0 Å². The Bertz CT molecular complexity index is 410. The second kappa shape index (κ2) is 6.09. The fourth-order valence-electron chi connectivity index (χ4n) is 1.67. The van der Waals surface area contributed by atoms with Crippen LogP contribution in [-0.4, -0.2) is 26.6 Å². The van der Waals surface area contributed by atoms with E-state index >= 15 is 0 Å². The Morgan fingerprint density at radius 1 is 1.47 bits per heavy atom. The molecule has 2 unspecified atom stereocenters. The summed E-state index contributed by atoms with van der Waals surface area (Å²) >= 11 is 3.15. The summed E-state index contributed by atoms with van der Waals surface area (Å²) in [6.07, 6.45) is -1.93. The number of nitro benzene ring substituents is 1. The third-order valence-corrected chi connectivity index (χ3v) is 3.02. The van der Waals surface area contributed by atoms with Gasteiger partial charge in [0.05, 0.1) is 16.6 Å². The maximum Gasteiger partial charge on any atom is 0.275 e. The molecule has 6 heteroatoms. The molecule has 0 aliphatic carbocycles. The molecule has 1 rings (SSSR count). The fraction of sp³-hybridized carbons (Fsp3) is 0.455. The average Bonchev–Trinajstić information content (AvgIpc) is 2.28. The zero-order chi connectivity index (χ0) is 13.0. The summed E-state index contributed by atoms with van der Waals surface area (Å²) in [7, 11) is 0. The van der Waals surface area contributed by atoms with E-state index in [1.54, 1.807) is 19.1 Å². The Labute approximate surface area is 107 Å². The van der Waals surface area contributed by atoms with Crippen molar-refractivity contribution in [2.24, 2.45) is 0 Å². The van der Waals surface area contributed by atoms with Crippen LogP contribution in [0.4, 0.5) is 5.69 Å². The Morgan fingerprint density at radius 2 is 2.12 bits per heavy atom. The zero-order valence-electron chi connectivity index (χ0n) is 9.34. The van der Waals surface area contributed by atoms with Crippen LogP contribution in [-0.2, 0) is 0 Å². The van der Waals surface area contributed by atoms with E-state index in [9.17, 15) is 20.3 Å². The Morgan fingerprint density at radius 3 is 2.65 bits per heavy atom. The minimum Gasteiger partial charge on any atom is -0.390 e. The molecule has 2 N–H and O–H groups in total. The third kappa shape index (κ3) is 3.24. The van der Waals surface area contributed by atoms with Gasteiger partial charge >= 0.3 is 0 Å². The highest BCUT2D eigenvalue weighted by Crippen LogP contribution is 2.31. The Hall–Kier alpha value is -0.980. The van der Waals surface area contributed by atoms with E-state index in [4.69, 9.17) is 0 Å². The lowest BCUT2D eigenvalue weighted by molar-refractivity contribution is -0.386. The molecule has 1 aromatic rings. The van der Waals surface area contributed by atoms with Gasteiger partial charge in [-0.05, 0) is 18.9 Å². The molecule has 0 fully saturated rings. The van der Waals surface area contributed by atoms with Crippen molar-refractivity contribution in [2.45, 2.75) is 25.6 Å². The van der Waals surface area contributed by atoms with Gasteiger partial charge in [0.2, 0.25) is 0 Å². The van der Waals surface area contributed by atoms with Crippen molar-refractivity contribution < 1.29 is 15.1 Å². The third-order valence-electron chi connectivity index (χ3n) is 2.56. The van der Waals surface area contributed by atoms with Crippen molar-refractivity contribution in [3.63, 3.8) is 0 Å². The van der Waals surface area contributed by atoms with Gasteiger partial charge in [-0.2, -0.15) is 0 Å². The van der Waals surface area contributed by atoms with Gasteiger partial charge in [0.15, 0.2) is 0 Å². The molecule has 5 nitrogen and oxygen atoms in total. The van der Waals surface area contributed by atoms with Crippen LogP contribution in [0.3, 0.4) is 0 Å². The highest BCUT2D eigenvalue weighted by Gasteiger charge is 2.27. The summed E-state index contributed by atoms with van der Waals surface area (Å²) < 4.78 is 0. The highest BCUT2D eigenvalue weighted by molar-refractivity contribution is 9.09. The van der Waals surface area contributed by atoms with Gasteiger partial charge in [0.1, 0.15) is 6.10 Å². The van der Waals surface area contributed by atoms with Crippen LogP contribution >= 0.6 is 15.9 Å². The predicted octanol–water partition coefficient (Wildman–Crippen LogP) is 2.08. The molecule has 0 amide bonds. The summed E-state index contributed by atoms with van der Waals surface area (Å²) in [5.41, 5.74) is 0.623. The lowest BCUT2D eigenvalue weighted by Gasteiger charge is -2.18. The number of rotatable bonds is 5. The Kier molecular flexibility index (Phi) is 5.04. The van der Waals surface area contributed by atoms with Crippen molar-refractivity contribution in [1.82, 2.24) is 0 Å². The number of aryl methyl sites for hydroxylation is 1. The predicted molar refractivity (Wildman–Crippen MR) is 67.2 cm³/mol. The van der Waals surface area contributed by atoms with E-state index in [-0.39, 0.29) is 11.3 Å². The van der Waals surface area contributed by atoms with Crippen LogP contribution in [0, 0.1) is 17.0 Å². The number of alkyl halides is 1. The molecule has 0 aliphatic heterocycles. The number of nitro groups is 1. The van der Waals surface area contributed by atoms with Crippen LogP contribution in [0.1, 0.15) is 23.7 Å². The molecule has 0 aliphatic rings. The van der Waals surface area contributed by atoms with E-state index in [2.05, 4.69) is 15.9 Å². The molecule has 0 saturated heterocycles. The first-order chi connectivity index (χ1) is 7.99. The van der Waals surface area contributed by atoms with Crippen LogP contribution in [0.5, 0.6) is 0 Å². The standard InChI is InChI=1S/C11H14BrNO4/c1-7-3-2-4-8(13(16)17)10(7)11(15)9(14)5-6-12/h2-4,9,11,14-15H,5-6H2,1H3. The topological polar surface area (TPSA) is 83.6 Å². The first kappa shape index (κ1) is 14.1. The quantitative estimate of drug-likeness (QED) is 0.495. The van der Waals surface area contributed by atoms with Gasteiger partial charge in [0, 0.05) is 11.4 Å². The molecule has 0 heterocycles. The maximum atomic E-state index is 10.9. The molecule has 0 spiro atoms. The first-order valence-corrected chi connectivity index (χ1v) is 6.27. The second-order valence-electron chi connectivity index (χ2n) is 3.75. The van der Waals surface area contributed by atoms with Crippen LogP contribution in [0.15, 0.2) is 18.2 Å². The SMILES string of the molecule is Cc1cccc([N+](=O)[O-])c1C(O)C(O)CCBr. The van der Waals surface area contributed by atoms with Gasteiger partial charge in [-0.25, -0.2) is 0 Å². The average molecular weight is 304 g/mol. The molecule has 1 aromatic carbocycles. The summed E-state index contributed by atoms with van der Waals surface area (Å²) in [5, 5.41) is 31.0. The number of hydrogen-bond donors (Lipinski definition) is 2. The number of nitrogens with zero attached hydrogens (tertiary/aromatic N) is 1. The van der Waals surface area contributed by atoms with E-state index in [0.29, 0.717) is 17.3 Å². The molecule has 0 bridgehead atoms. The number of benzene rings is 1. The first-order valence-electron chi connectivity index (χ1n) is 5.15. The van der Waals surface area contributed by atoms with Crippen molar-refractivity contribution in [1.29, 1.82) is 0 Å². The van der Waals surface area contributed by atoms with Crippen molar-refractivity contribution in [3.05, 3.63) is 39.4 Å². The summed E-state index contributed by atoms with van der Waals surface area (Å²) in [6.45, 7) is 1.67. The largest absolute Gasteiger partial charge is 0.390 e. The molecule has 2 atom stereocenters. The van der Waals surface area contributed by atoms with Crippen molar-refractivity contribution in [2.75, 3.05) is 5.33 Å². The minimum atomic E-state index is -1.24. The van der Waals surface area contributed by atoms with E-state index < -0.39 is 17.1 Å². The minimum absolute atomic E-state index is 0.161. The van der Waals surface area contributed by atoms with Gasteiger partial charge in [-0.3, -0.25) is 10.1 Å². The van der Waals surface area contributed by atoms with Gasteiger partial charge < -0.3 is 10.2 Å². The van der Waals surface area contributed by atoms with Crippen LogP contribution in [0.2, 0.25) is 0 Å². The number of aliphatic hydroxyl groups excluding tert-OH is 2. The molecule has 0 aromatic heterocycles. The van der Waals surface area contributed by atoms with Crippen LogP contribution < -0.4 is 0 Å². The monoisotopic (exact) mass is 303 g/mol. The number of aliphatic hydroxyl groups is 2. The van der Waals surface area contributed by atoms with Crippen molar-refractivity contribution in [3.8, 4) is 0 Å². The lowest BCUT2D eigenvalue weighted by atomic mass is 9.96. The Balaban J connectivity index is 3.15. The van der Waals surface area contributed by atoms with Crippen molar-refractivity contribution >= 4 is 21.6 Å². The van der Waals surface area contributed by atoms with Gasteiger partial charge in [-0.1, -0.05) is 28.1 Å². The van der Waals surface area contributed by atoms with Gasteiger partial charge in [0.25, 0.3) is 5.69 Å². The lowest BCUT2D eigenvalue weighted by Crippen LogP contribution is -2.20. The summed E-state index contributed by atoms with van der Waals surface area (Å²) in [6, 6.07) is 4.55. The molecule has 17 heavy (non-hydrogen) atoms. The number of halogens is 1. The molecule has 0 radical (unpaired) electrons. The van der Waals surface area contributed by atoms with E-state index in [0.717, 1.165) is 0 Å². The zero-order valence-corrected chi connectivity index (χ0v) is 10.9. The fourth-order valence-corrected chi connectivity index (χ4v) is 2.14. The smallest absolute Gasteiger partial charge is 0.275 e. The van der Waals surface area contributed by atoms with Gasteiger partial charge in [-0.15, -0.1) is 0 Å². The highest BCUT2D eigenvalue weighted by atomic mass is 79.9. The molecular formula is C11H14BrNO4.